The van der Waals surface area contributed by atoms with Crippen LogP contribution in [-0.4, -0.2) is 70.3 Å². The molecule has 2 unspecified atom stereocenters. The van der Waals surface area contributed by atoms with Gasteiger partial charge in [-0.15, -0.1) is 11.3 Å². The first-order chi connectivity index (χ1) is 22.5. The van der Waals surface area contributed by atoms with Gasteiger partial charge in [0.2, 0.25) is 11.3 Å². The zero-order valence-corrected chi connectivity index (χ0v) is 26.7. The molecule has 4 aromatic rings. The van der Waals surface area contributed by atoms with E-state index in [1.807, 2.05) is 4.57 Å². The number of amides is 1. The van der Waals surface area contributed by atoms with Gasteiger partial charge >= 0.3 is 12.1 Å². The third-order valence-electron chi connectivity index (χ3n) is 8.43. The molecular weight excluding hydrogens is 635 g/mol. The van der Waals surface area contributed by atoms with E-state index in [9.17, 15) is 27.6 Å². The summed E-state index contributed by atoms with van der Waals surface area (Å²) in [7, 11) is 0. The molecular formula is C33H34F3N5O5S. The van der Waals surface area contributed by atoms with E-state index in [0.29, 0.717) is 28.8 Å². The van der Waals surface area contributed by atoms with Crippen LogP contribution >= 0.6 is 11.3 Å². The first-order valence-corrected chi connectivity index (χ1v) is 16.4. The minimum atomic E-state index is -4.64. The smallest absolute Gasteiger partial charge is 0.434 e. The van der Waals surface area contributed by atoms with Gasteiger partial charge in [0.15, 0.2) is 5.69 Å². The molecule has 1 aromatic carbocycles. The second-order valence-corrected chi connectivity index (χ2v) is 12.7. The zero-order valence-electron chi connectivity index (χ0n) is 25.9. The summed E-state index contributed by atoms with van der Waals surface area (Å²) in [6, 6.07) is 6.61. The number of anilines is 1. The number of thiazole rings is 1. The maximum Gasteiger partial charge on any atom is 0.434 e. The number of likely N-dealkylation sites (tertiary alicyclic amines) is 1. The predicted octanol–water partition coefficient (Wildman–Crippen LogP) is 5.84. The molecule has 1 amide bonds. The Bertz CT molecular complexity index is 1870. The number of fused-ring (bicyclic) bond motifs is 1. The summed E-state index contributed by atoms with van der Waals surface area (Å²) in [6.07, 6.45) is 1.71. The minimum absolute atomic E-state index is 0.0629. The van der Waals surface area contributed by atoms with Gasteiger partial charge in [0.05, 0.1) is 18.2 Å². The quantitative estimate of drug-likeness (QED) is 0.221. The number of aromatic nitrogens is 3. The van der Waals surface area contributed by atoms with Gasteiger partial charge in [0.1, 0.15) is 16.4 Å². The Labute approximate surface area is 272 Å². The minimum Gasteiger partial charge on any atom is -0.462 e. The fraction of sp³-hybridized carbons (Fsp3) is 0.424. The Morgan fingerprint density at radius 1 is 1.17 bits per heavy atom. The molecule has 5 heterocycles. The van der Waals surface area contributed by atoms with E-state index in [2.05, 4.69) is 20.2 Å². The summed E-state index contributed by atoms with van der Waals surface area (Å²) >= 11 is 0.804. The SMILES string of the molecule is CCOC(=O)c1cn(CC2CCN(CC3CCCO3)C2)c2ccc(-c3cnc(NC(C)=O)cc3-c3nc(C(F)(F)F)cs3)cc2c1=O. The summed E-state index contributed by atoms with van der Waals surface area (Å²) in [5, 5.41) is 3.80. The van der Waals surface area contributed by atoms with Gasteiger partial charge in [-0.05, 0) is 62.4 Å². The molecule has 47 heavy (non-hydrogen) atoms. The van der Waals surface area contributed by atoms with Crippen molar-refractivity contribution in [2.75, 3.05) is 38.2 Å². The number of esters is 1. The van der Waals surface area contributed by atoms with Crippen molar-refractivity contribution in [1.82, 2.24) is 19.4 Å². The topological polar surface area (TPSA) is 116 Å². The number of pyridine rings is 2. The summed E-state index contributed by atoms with van der Waals surface area (Å²) in [5.41, 5.74) is 0.137. The normalized spacial score (nSPS) is 18.6. The van der Waals surface area contributed by atoms with Crippen molar-refractivity contribution in [2.24, 2.45) is 5.92 Å². The average molecular weight is 670 g/mol. The highest BCUT2D eigenvalue weighted by Crippen LogP contribution is 2.39. The van der Waals surface area contributed by atoms with Crippen molar-refractivity contribution in [3.8, 4) is 21.7 Å². The Morgan fingerprint density at radius 2 is 2.00 bits per heavy atom. The predicted molar refractivity (Wildman–Crippen MR) is 171 cm³/mol. The second-order valence-electron chi connectivity index (χ2n) is 11.9. The Kier molecular flexibility index (Phi) is 9.44. The number of nitrogens with one attached hydrogen (secondary N) is 1. The van der Waals surface area contributed by atoms with Crippen molar-refractivity contribution >= 4 is 39.9 Å². The molecule has 0 bridgehead atoms. The number of halogens is 3. The molecule has 0 aliphatic carbocycles. The lowest BCUT2D eigenvalue weighted by Gasteiger charge is -2.21. The summed E-state index contributed by atoms with van der Waals surface area (Å²) in [6.45, 7) is 7.13. The van der Waals surface area contributed by atoms with Crippen LogP contribution < -0.4 is 10.7 Å². The van der Waals surface area contributed by atoms with Gasteiger partial charge in [0, 0.05) is 67.5 Å². The molecule has 2 saturated heterocycles. The van der Waals surface area contributed by atoms with Crippen LogP contribution in [0.2, 0.25) is 0 Å². The standard InChI is InChI=1S/C33H34F3N5O5S/c1-3-45-32(44)26-17-41(15-20-8-9-40(14-20)16-22-5-4-10-46-22)27-7-6-21(11-24(27)30(26)43)25-13-37-29(38-19(2)42)12-23(25)31-39-28(18-47-31)33(34,35)36/h6-7,11-13,17-18,20,22H,3-5,8-10,14-16H2,1-2H3,(H,37,38,42). The third-order valence-corrected chi connectivity index (χ3v) is 9.31. The van der Waals surface area contributed by atoms with Crippen LogP contribution in [0.5, 0.6) is 0 Å². The zero-order chi connectivity index (χ0) is 33.3. The fourth-order valence-electron chi connectivity index (χ4n) is 6.29. The molecule has 248 valence electrons. The van der Waals surface area contributed by atoms with E-state index >= 15 is 0 Å². The maximum atomic E-state index is 13.8. The highest BCUT2D eigenvalue weighted by atomic mass is 32.1. The second kappa shape index (κ2) is 13.5. The van der Waals surface area contributed by atoms with Crippen LogP contribution in [0.25, 0.3) is 32.6 Å². The number of hydrogen-bond donors (Lipinski definition) is 1. The number of benzene rings is 1. The summed E-state index contributed by atoms with van der Waals surface area (Å²) in [4.78, 5) is 49.0. The highest BCUT2D eigenvalue weighted by molar-refractivity contribution is 7.13. The van der Waals surface area contributed by atoms with E-state index in [-0.39, 0.29) is 40.4 Å². The van der Waals surface area contributed by atoms with Crippen LogP contribution in [0.4, 0.5) is 19.0 Å². The van der Waals surface area contributed by atoms with Gasteiger partial charge in [-0.1, -0.05) is 6.07 Å². The van der Waals surface area contributed by atoms with E-state index in [4.69, 9.17) is 9.47 Å². The van der Waals surface area contributed by atoms with E-state index < -0.39 is 29.2 Å². The van der Waals surface area contributed by atoms with Crippen LogP contribution in [0, 0.1) is 5.92 Å². The van der Waals surface area contributed by atoms with Gasteiger partial charge in [0.25, 0.3) is 0 Å². The number of rotatable bonds is 9. The van der Waals surface area contributed by atoms with Gasteiger partial charge in [-0.2, -0.15) is 13.2 Å². The van der Waals surface area contributed by atoms with Crippen LogP contribution in [0.3, 0.4) is 0 Å². The first kappa shape index (κ1) is 32.8. The monoisotopic (exact) mass is 669 g/mol. The number of carbonyl (C=O) groups excluding carboxylic acids is 2. The summed E-state index contributed by atoms with van der Waals surface area (Å²) in [5.74, 6) is -0.713. The van der Waals surface area contributed by atoms with E-state index in [1.54, 1.807) is 31.3 Å². The van der Waals surface area contributed by atoms with Gasteiger partial charge in [-0.25, -0.2) is 14.8 Å². The third kappa shape index (κ3) is 7.24. The molecule has 2 fully saturated rings. The molecule has 2 aliphatic heterocycles. The fourth-order valence-corrected chi connectivity index (χ4v) is 7.15. The lowest BCUT2D eigenvalue weighted by molar-refractivity contribution is -0.140. The molecule has 1 N–H and O–H groups in total. The molecule has 0 saturated carbocycles. The van der Waals surface area contributed by atoms with Gasteiger partial charge in [-0.3, -0.25) is 9.59 Å². The maximum absolute atomic E-state index is 13.8. The first-order valence-electron chi connectivity index (χ1n) is 15.5. The molecule has 2 atom stereocenters. The van der Waals surface area contributed by atoms with Crippen molar-refractivity contribution in [3.05, 3.63) is 63.5 Å². The van der Waals surface area contributed by atoms with Gasteiger partial charge < -0.3 is 24.3 Å². The van der Waals surface area contributed by atoms with Crippen molar-refractivity contribution in [2.45, 2.75) is 51.9 Å². The number of hydrogen-bond acceptors (Lipinski definition) is 9. The molecule has 0 radical (unpaired) electrons. The van der Waals surface area contributed by atoms with Crippen molar-refractivity contribution in [1.29, 1.82) is 0 Å². The van der Waals surface area contributed by atoms with E-state index in [1.165, 1.54) is 19.2 Å². The average Bonchev–Trinajstić information content (AvgIpc) is 3.81. The lowest BCUT2D eigenvalue weighted by Crippen LogP contribution is -2.31. The number of nitrogens with zero attached hydrogens (tertiary/aromatic N) is 4. The van der Waals surface area contributed by atoms with Crippen LogP contribution in [-0.2, 0) is 27.0 Å². The summed E-state index contributed by atoms with van der Waals surface area (Å²) < 4.78 is 53.3. The Morgan fingerprint density at radius 3 is 2.70 bits per heavy atom. The molecule has 0 spiro atoms. The molecule has 6 rings (SSSR count). The molecule has 10 nitrogen and oxygen atoms in total. The highest BCUT2D eigenvalue weighted by Gasteiger charge is 2.34. The number of alkyl halides is 3. The van der Waals surface area contributed by atoms with Crippen LogP contribution in [0.1, 0.15) is 49.2 Å². The molecule has 14 heteroatoms. The van der Waals surface area contributed by atoms with E-state index in [0.717, 1.165) is 62.2 Å². The van der Waals surface area contributed by atoms with Crippen molar-refractivity contribution < 1.29 is 32.2 Å². The molecule has 3 aromatic heterocycles. The lowest BCUT2D eigenvalue weighted by atomic mass is 9.99. The Hall–Kier alpha value is -4.14. The Balaban J connectivity index is 1.41. The largest absolute Gasteiger partial charge is 0.462 e. The van der Waals surface area contributed by atoms with Crippen molar-refractivity contribution in [3.63, 3.8) is 0 Å². The number of carbonyl (C=O) groups is 2. The molecule has 2 aliphatic rings. The number of ether oxygens (including phenoxy) is 2. The van der Waals surface area contributed by atoms with Crippen LogP contribution in [0.15, 0.2) is 46.8 Å².